The Morgan fingerprint density at radius 1 is 1.48 bits per heavy atom. The maximum Gasteiger partial charge on any atom is 0.329 e. The van der Waals surface area contributed by atoms with E-state index in [4.69, 9.17) is 4.74 Å². The van der Waals surface area contributed by atoms with Crippen LogP contribution in [-0.4, -0.2) is 47.2 Å². The molecule has 0 atom stereocenters. The number of hydrogen-bond donors (Lipinski definition) is 1. The van der Waals surface area contributed by atoms with E-state index in [-0.39, 0.29) is 11.8 Å². The van der Waals surface area contributed by atoms with Crippen molar-refractivity contribution in [2.24, 2.45) is 0 Å². The molecule has 21 heavy (non-hydrogen) atoms. The van der Waals surface area contributed by atoms with Crippen LogP contribution < -0.4 is 10.2 Å². The fraction of sp³-hybridized carbons (Fsp3) is 0.692. The molecule has 2 rings (SSSR count). The molecule has 1 aliphatic heterocycles. The standard InChI is InChI=1S/C13H21N5O3/c1-3-14-13-15-9-11(18(19)20)12(16-13)17-7-5-10(6-8-17)21-4-2/h9-10H,3-8H2,1-2H3,(H,14,15,16). The average molecular weight is 295 g/mol. The summed E-state index contributed by atoms with van der Waals surface area (Å²) in [5.74, 6) is 0.811. The highest BCUT2D eigenvalue weighted by molar-refractivity contribution is 5.59. The fourth-order valence-electron chi connectivity index (χ4n) is 2.44. The normalized spacial score (nSPS) is 16.0. The quantitative estimate of drug-likeness (QED) is 0.632. The zero-order chi connectivity index (χ0) is 15.2. The van der Waals surface area contributed by atoms with Crippen molar-refractivity contribution in [3.63, 3.8) is 0 Å². The summed E-state index contributed by atoms with van der Waals surface area (Å²) in [4.78, 5) is 20.9. The molecule has 1 aromatic rings. The van der Waals surface area contributed by atoms with Gasteiger partial charge in [-0.2, -0.15) is 4.98 Å². The topological polar surface area (TPSA) is 93.4 Å². The molecule has 8 heteroatoms. The van der Waals surface area contributed by atoms with Gasteiger partial charge in [0.2, 0.25) is 11.8 Å². The highest BCUT2D eigenvalue weighted by Gasteiger charge is 2.27. The predicted octanol–water partition coefficient (Wildman–Crippen LogP) is 1.82. The molecule has 0 unspecified atom stereocenters. The van der Waals surface area contributed by atoms with Crippen LogP contribution in [0.3, 0.4) is 0 Å². The summed E-state index contributed by atoms with van der Waals surface area (Å²) in [5.41, 5.74) is -0.0495. The Balaban J connectivity index is 2.17. The molecule has 116 valence electrons. The second-order valence-electron chi connectivity index (χ2n) is 4.83. The lowest BCUT2D eigenvalue weighted by atomic mass is 10.1. The molecular weight excluding hydrogens is 274 g/mol. The number of nitrogens with zero attached hydrogens (tertiary/aromatic N) is 4. The Labute approximate surface area is 123 Å². The molecule has 0 spiro atoms. The van der Waals surface area contributed by atoms with Crippen molar-refractivity contribution in [1.82, 2.24) is 9.97 Å². The molecule has 0 aromatic carbocycles. The van der Waals surface area contributed by atoms with Crippen molar-refractivity contribution in [2.75, 3.05) is 36.5 Å². The summed E-state index contributed by atoms with van der Waals surface area (Å²) < 4.78 is 5.60. The van der Waals surface area contributed by atoms with Gasteiger partial charge in [-0.1, -0.05) is 0 Å². The third kappa shape index (κ3) is 3.78. The van der Waals surface area contributed by atoms with Crippen LogP contribution in [0.2, 0.25) is 0 Å². The molecular formula is C13H21N5O3. The minimum Gasteiger partial charge on any atom is -0.378 e. The number of rotatable bonds is 6. The monoisotopic (exact) mass is 295 g/mol. The van der Waals surface area contributed by atoms with E-state index >= 15 is 0 Å². The van der Waals surface area contributed by atoms with Crippen molar-refractivity contribution in [1.29, 1.82) is 0 Å². The van der Waals surface area contributed by atoms with Crippen LogP contribution in [0.1, 0.15) is 26.7 Å². The summed E-state index contributed by atoms with van der Waals surface area (Å²) in [6, 6.07) is 0. The lowest BCUT2D eigenvalue weighted by molar-refractivity contribution is -0.384. The van der Waals surface area contributed by atoms with Gasteiger partial charge in [-0.05, 0) is 26.7 Å². The fourth-order valence-corrected chi connectivity index (χ4v) is 2.44. The Morgan fingerprint density at radius 2 is 2.19 bits per heavy atom. The minimum absolute atomic E-state index is 0.0495. The molecule has 0 radical (unpaired) electrons. The predicted molar refractivity (Wildman–Crippen MR) is 79.7 cm³/mol. The Hall–Kier alpha value is -1.96. The third-order valence-electron chi connectivity index (χ3n) is 3.43. The van der Waals surface area contributed by atoms with E-state index in [0.717, 1.165) is 12.8 Å². The van der Waals surface area contributed by atoms with Gasteiger partial charge in [-0.15, -0.1) is 0 Å². The average Bonchev–Trinajstić information content (AvgIpc) is 2.48. The van der Waals surface area contributed by atoms with Crippen molar-refractivity contribution < 1.29 is 9.66 Å². The van der Waals surface area contributed by atoms with E-state index in [1.54, 1.807) is 0 Å². The van der Waals surface area contributed by atoms with Crippen LogP contribution in [0.5, 0.6) is 0 Å². The van der Waals surface area contributed by atoms with Crippen LogP contribution in [0.4, 0.5) is 17.5 Å². The van der Waals surface area contributed by atoms with Gasteiger partial charge in [0.1, 0.15) is 6.20 Å². The molecule has 1 saturated heterocycles. The largest absolute Gasteiger partial charge is 0.378 e. The lowest BCUT2D eigenvalue weighted by Gasteiger charge is -2.32. The molecule has 1 fully saturated rings. The first-order chi connectivity index (χ1) is 10.2. The van der Waals surface area contributed by atoms with Crippen molar-refractivity contribution >= 4 is 17.5 Å². The van der Waals surface area contributed by atoms with Crippen LogP contribution in [0.15, 0.2) is 6.20 Å². The maximum absolute atomic E-state index is 11.2. The van der Waals surface area contributed by atoms with Gasteiger partial charge in [-0.25, -0.2) is 4.98 Å². The van der Waals surface area contributed by atoms with Crippen LogP contribution in [0, 0.1) is 10.1 Å². The van der Waals surface area contributed by atoms with Crippen LogP contribution in [-0.2, 0) is 4.74 Å². The molecule has 2 heterocycles. The van der Waals surface area contributed by atoms with Crippen molar-refractivity contribution in [2.45, 2.75) is 32.8 Å². The summed E-state index contributed by atoms with van der Waals surface area (Å²) in [7, 11) is 0. The van der Waals surface area contributed by atoms with E-state index in [2.05, 4.69) is 15.3 Å². The molecule has 0 saturated carbocycles. The highest BCUT2D eigenvalue weighted by atomic mass is 16.6. The summed E-state index contributed by atoms with van der Waals surface area (Å²) in [6.45, 7) is 6.68. The molecule has 1 aliphatic rings. The zero-order valence-corrected chi connectivity index (χ0v) is 12.4. The Morgan fingerprint density at radius 3 is 2.76 bits per heavy atom. The summed E-state index contributed by atoms with van der Waals surface area (Å²) >= 11 is 0. The second kappa shape index (κ2) is 7.16. The van der Waals surface area contributed by atoms with Gasteiger partial charge < -0.3 is 15.0 Å². The molecule has 8 nitrogen and oxygen atoms in total. The van der Waals surface area contributed by atoms with Gasteiger partial charge in [0.25, 0.3) is 0 Å². The Kier molecular flexibility index (Phi) is 5.26. The van der Waals surface area contributed by atoms with Gasteiger partial charge in [0.05, 0.1) is 11.0 Å². The van der Waals surface area contributed by atoms with E-state index in [9.17, 15) is 10.1 Å². The smallest absolute Gasteiger partial charge is 0.329 e. The van der Waals surface area contributed by atoms with E-state index in [0.29, 0.717) is 38.0 Å². The number of piperidine rings is 1. The van der Waals surface area contributed by atoms with E-state index in [1.165, 1.54) is 6.20 Å². The first-order valence-electron chi connectivity index (χ1n) is 7.27. The lowest BCUT2D eigenvalue weighted by Crippen LogP contribution is -2.38. The third-order valence-corrected chi connectivity index (χ3v) is 3.43. The number of nitrogens with one attached hydrogen (secondary N) is 1. The minimum atomic E-state index is -0.431. The first-order valence-corrected chi connectivity index (χ1v) is 7.27. The molecule has 1 N–H and O–H groups in total. The van der Waals surface area contributed by atoms with Gasteiger partial charge in [0.15, 0.2) is 0 Å². The first kappa shape index (κ1) is 15.4. The van der Waals surface area contributed by atoms with Gasteiger partial charge in [-0.3, -0.25) is 10.1 Å². The van der Waals surface area contributed by atoms with Crippen LogP contribution in [0.25, 0.3) is 0 Å². The van der Waals surface area contributed by atoms with Crippen molar-refractivity contribution in [3.05, 3.63) is 16.3 Å². The number of anilines is 2. The second-order valence-corrected chi connectivity index (χ2v) is 4.83. The molecule has 0 aliphatic carbocycles. The highest BCUT2D eigenvalue weighted by Crippen LogP contribution is 2.29. The van der Waals surface area contributed by atoms with Gasteiger partial charge >= 0.3 is 5.69 Å². The number of ether oxygens (including phenoxy) is 1. The SMILES string of the molecule is CCNc1ncc([N+](=O)[O-])c(N2CCC(OCC)CC2)n1. The Bertz CT molecular complexity index is 489. The number of hydrogen-bond acceptors (Lipinski definition) is 7. The summed E-state index contributed by atoms with van der Waals surface area (Å²) in [5, 5.41) is 14.1. The zero-order valence-electron chi connectivity index (χ0n) is 12.4. The van der Waals surface area contributed by atoms with Crippen molar-refractivity contribution in [3.8, 4) is 0 Å². The van der Waals surface area contributed by atoms with E-state index in [1.807, 2.05) is 18.7 Å². The summed E-state index contributed by atoms with van der Waals surface area (Å²) in [6.07, 6.45) is 3.21. The molecule has 0 amide bonds. The van der Waals surface area contributed by atoms with E-state index < -0.39 is 4.92 Å². The van der Waals surface area contributed by atoms with Crippen LogP contribution >= 0.6 is 0 Å². The maximum atomic E-state index is 11.2. The molecule has 0 bridgehead atoms. The molecule has 1 aromatic heterocycles. The number of aromatic nitrogens is 2. The number of nitro groups is 1. The van der Waals surface area contributed by atoms with Gasteiger partial charge in [0, 0.05) is 26.2 Å².